The van der Waals surface area contributed by atoms with Gasteiger partial charge in [0.25, 0.3) is 0 Å². The number of benzene rings is 1. The van der Waals surface area contributed by atoms with Crippen LogP contribution in [0.2, 0.25) is 0 Å². The molecule has 0 atom stereocenters. The van der Waals surface area contributed by atoms with Crippen LogP contribution in [0.1, 0.15) is 12.5 Å². The Kier molecular flexibility index (Phi) is 4.31. The van der Waals surface area contributed by atoms with E-state index in [9.17, 15) is 4.39 Å². The zero-order valence-electron chi connectivity index (χ0n) is 9.14. The summed E-state index contributed by atoms with van der Waals surface area (Å²) in [5.74, 6) is -0.0538. The normalized spacial score (nSPS) is 10.1. The third kappa shape index (κ3) is 3.72. The van der Waals surface area contributed by atoms with Crippen molar-refractivity contribution in [2.45, 2.75) is 13.5 Å². The Bertz CT molecular complexity index is 349. The van der Waals surface area contributed by atoms with Crippen molar-refractivity contribution in [2.75, 3.05) is 13.7 Å². The van der Waals surface area contributed by atoms with Gasteiger partial charge in [-0.2, -0.15) is 0 Å². The SMILES string of the molecule is C=C(C)COc1ccc(CNC)cc1F. The highest BCUT2D eigenvalue weighted by atomic mass is 19.1. The van der Waals surface area contributed by atoms with Gasteiger partial charge in [0.15, 0.2) is 11.6 Å². The molecule has 0 saturated heterocycles. The van der Waals surface area contributed by atoms with Gasteiger partial charge in [0.05, 0.1) is 0 Å². The van der Waals surface area contributed by atoms with Crippen LogP contribution in [0.25, 0.3) is 0 Å². The molecule has 82 valence electrons. The van der Waals surface area contributed by atoms with Crippen LogP contribution < -0.4 is 10.1 Å². The molecular weight excluding hydrogens is 193 g/mol. The summed E-state index contributed by atoms with van der Waals surface area (Å²) < 4.78 is 18.7. The highest BCUT2D eigenvalue weighted by Crippen LogP contribution is 2.18. The Balaban J connectivity index is 2.70. The van der Waals surface area contributed by atoms with Crippen molar-refractivity contribution in [3.05, 3.63) is 41.7 Å². The number of hydrogen-bond donors (Lipinski definition) is 1. The molecule has 0 aliphatic carbocycles. The number of hydrogen-bond acceptors (Lipinski definition) is 2. The van der Waals surface area contributed by atoms with Gasteiger partial charge in [0.2, 0.25) is 0 Å². The minimum Gasteiger partial charge on any atom is -0.486 e. The summed E-state index contributed by atoms with van der Waals surface area (Å²) in [7, 11) is 1.82. The Morgan fingerprint density at radius 2 is 2.27 bits per heavy atom. The molecule has 1 rings (SSSR count). The van der Waals surface area contributed by atoms with Crippen LogP contribution in [0, 0.1) is 5.82 Å². The average Bonchev–Trinajstić information content (AvgIpc) is 2.17. The van der Waals surface area contributed by atoms with Crippen molar-refractivity contribution in [3.63, 3.8) is 0 Å². The maximum atomic E-state index is 13.4. The van der Waals surface area contributed by atoms with E-state index in [1.807, 2.05) is 20.0 Å². The summed E-state index contributed by atoms with van der Waals surface area (Å²) in [5.41, 5.74) is 1.77. The summed E-state index contributed by atoms with van der Waals surface area (Å²) >= 11 is 0. The fraction of sp³-hybridized carbons (Fsp3) is 0.333. The van der Waals surface area contributed by atoms with E-state index in [-0.39, 0.29) is 11.6 Å². The van der Waals surface area contributed by atoms with Gasteiger partial charge in [-0.3, -0.25) is 0 Å². The monoisotopic (exact) mass is 209 g/mol. The third-order valence-electron chi connectivity index (χ3n) is 1.85. The number of halogens is 1. The lowest BCUT2D eigenvalue weighted by Gasteiger charge is -2.08. The Labute approximate surface area is 89.8 Å². The molecule has 1 aromatic carbocycles. The van der Waals surface area contributed by atoms with E-state index < -0.39 is 0 Å². The molecule has 0 heterocycles. The van der Waals surface area contributed by atoms with Crippen molar-refractivity contribution in [1.29, 1.82) is 0 Å². The highest BCUT2D eigenvalue weighted by Gasteiger charge is 2.04. The van der Waals surface area contributed by atoms with Crippen molar-refractivity contribution < 1.29 is 9.13 Å². The number of nitrogens with one attached hydrogen (secondary N) is 1. The van der Waals surface area contributed by atoms with Gasteiger partial charge in [-0.15, -0.1) is 0 Å². The molecular formula is C12H16FNO. The fourth-order valence-electron chi connectivity index (χ4n) is 1.18. The van der Waals surface area contributed by atoms with Gasteiger partial charge in [-0.25, -0.2) is 4.39 Å². The largest absolute Gasteiger partial charge is 0.486 e. The summed E-state index contributed by atoms with van der Waals surface area (Å²) in [5, 5.41) is 2.96. The smallest absolute Gasteiger partial charge is 0.165 e. The molecule has 15 heavy (non-hydrogen) atoms. The summed E-state index contributed by atoms with van der Waals surface area (Å²) in [6.45, 7) is 6.53. The van der Waals surface area contributed by atoms with E-state index in [0.29, 0.717) is 13.2 Å². The lowest BCUT2D eigenvalue weighted by molar-refractivity contribution is 0.332. The van der Waals surface area contributed by atoms with Gasteiger partial charge >= 0.3 is 0 Å². The Morgan fingerprint density at radius 3 is 2.80 bits per heavy atom. The second-order valence-corrected chi connectivity index (χ2v) is 3.54. The van der Waals surface area contributed by atoms with E-state index in [4.69, 9.17) is 4.74 Å². The molecule has 0 fully saturated rings. The maximum absolute atomic E-state index is 13.4. The molecule has 0 unspecified atom stereocenters. The first-order valence-corrected chi connectivity index (χ1v) is 4.83. The number of rotatable bonds is 5. The molecule has 1 aromatic rings. The predicted octanol–water partition coefficient (Wildman–Crippen LogP) is 2.50. The quantitative estimate of drug-likeness (QED) is 0.752. The van der Waals surface area contributed by atoms with Gasteiger partial charge < -0.3 is 10.1 Å². The van der Waals surface area contributed by atoms with E-state index in [1.54, 1.807) is 6.07 Å². The zero-order chi connectivity index (χ0) is 11.3. The first kappa shape index (κ1) is 11.7. The standard InChI is InChI=1S/C12H16FNO/c1-9(2)8-15-12-5-4-10(7-14-3)6-11(12)13/h4-6,14H,1,7-8H2,2-3H3. The van der Waals surface area contributed by atoms with Gasteiger partial charge in [0, 0.05) is 6.54 Å². The second-order valence-electron chi connectivity index (χ2n) is 3.54. The van der Waals surface area contributed by atoms with Gasteiger partial charge in [-0.1, -0.05) is 12.6 Å². The second kappa shape index (κ2) is 5.51. The van der Waals surface area contributed by atoms with Crippen LogP contribution in [0.15, 0.2) is 30.4 Å². The van der Waals surface area contributed by atoms with E-state index >= 15 is 0 Å². The molecule has 0 amide bonds. The lowest BCUT2D eigenvalue weighted by atomic mass is 10.2. The van der Waals surface area contributed by atoms with Crippen molar-refractivity contribution >= 4 is 0 Å². The summed E-state index contributed by atoms with van der Waals surface area (Å²) in [6.07, 6.45) is 0. The third-order valence-corrected chi connectivity index (χ3v) is 1.85. The van der Waals surface area contributed by atoms with Crippen LogP contribution >= 0.6 is 0 Å². The van der Waals surface area contributed by atoms with Crippen LogP contribution in [0.3, 0.4) is 0 Å². The van der Waals surface area contributed by atoms with Crippen LogP contribution in [0.5, 0.6) is 5.75 Å². The zero-order valence-corrected chi connectivity index (χ0v) is 9.14. The molecule has 0 aliphatic heterocycles. The van der Waals surface area contributed by atoms with E-state index in [0.717, 1.165) is 11.1 Å². The Hall–Kier alpha value is -1.35. The first-order chi connectivity index (χ1) is 7.13. The minimum absolute atomic E-state index is 0.276. The molecule has 1 N–H and O–H groups in total. The summed E-state index contributed by atoms with van der Waals surface area (Å²) in [4.78, 5) is 0. The molecule has 0 aliphatic rings. The van der Waals surface area contributed by atoms with Crippen LogP contribution in [0.4, 0.5) is 4.39 Å². The molecule has 2 nitrogen and oxygen atoms in total. The minimum atomic E-state index is -0.330. The van der Waals surface area contributed by atoms with Crippen molar-refractivity contribution in [2.24, 2.45) is 0 Å². The van der Waals surface area contributed by atoms with Crippen LogP contribution in [-0.2, 0) is 6.54 Å². The number of ether oxygens (including phenoxy) is 1. The molecule has 0 spiro atoms. The topological polar surface area (TPSA) is 21.3 Å². The summed E-state index contributed by atoms with van der Waals surface area (Å²) in [6, 6.07) is 4.96. The van der Waals surface area contributed by atoms with Gasteiger partial charge in [0.1, 0.15) is 6.61 Å². The van der Waals surface area contributed by atoms with Gasteiger partial charge in [-0.05, 0) is 37.2 Å². The molecule has 0 bridgehead atoms. The maximum Gasteiger partial charge on any atom is 0.165 e. The average molecular weight is 209 g/mol. The predicted molar refractivity (Wildman–Crippen MR) is 59.5 cm³/mol. The van der Waals surface area contributed by atoms with Crippen LogP contribution in [-0.4, -0.2) is 13.7 Å². The fourth-order valence-corrected chi connectivity index (χ4v) is 1.18. The Morgan fingerprint density at radius 1 is 1.53 bits per heavy atom. The molecule has 0 aromatic heterocycles. The first-order valence-electron chi connectivity index (χ1n) is 4.83. The van der Waals surface area contributed by atoms with Crippen molar-refractivity contribution in [3.8, 4) is 5.75 Å². The highest BCUT2D eigenvalue weighted by molar-refractivity contribution is 5.29. The molecule has 3 heteroatoms. The molecule has 0 saturated carbocycles. The molecule has 0 radical (unpaired) electrons. The van der Waals surface area contributed by atoms with Crippen molar-refractivity contribution in [1.82, 2.24) is 5.32 Å². The lowest BCUT2D eigenvalue weighted by Crippen LogP contribution is -2.06. The van der Waals surface area contributed by atoms with E-state index in [2.05, 4.69) is 11.9 Å². The van der Waals surface area contributed by atoms with E-state index in [1.165, 1.54) is 6.07 Å².